The summed E-state index contributed by atoms with van der Waals surface area (Å²) in [4.78, 5) is 0. The SMILES string of the molecule is CC1CCCCC(=Pc2ccc(C(F)(F)F)cc2)CC1. The fourth-order valence-electron chi connectivity index (χ4n) is 2.52. The van der Waals surface area contributed by atoms with E-state index in [2.05, 4.69) is 6.92 Å². The van der Waals surface area contributed by atoms with Gasteiger partial charge < -0.3 is 0 Å². The highest BCUT2D eigenvalue weighted by Gasteiger charge is 2.29. The van der Waals surface area contributed by atoms with Crippen LogP contribution in [0.4, 0.5) is 13.2 Å². The molecule has 1 aromatic rings. The van der Waals surface area contributed by atoms with E-state index in [1.807, 2.05) is 0 Å². The zero-order chi connectivity index (χ0) is 14.6. The van der Waals surface area contributed by atoms with Crippen molar-refractivity contribution in [2.24, 2.45) is 5.92 Å². The Hall–Kier alpha value is -0.820. The van der Waals surface area contributed by atoms with Crippen LogP contribution in [0, 0.1) is 5.92 Å². The highest BCUT2D eigenvalue weighted by atomic mass is 31.1. The van der Waals surface area contributed by atoms with Crippen LogP contribution in [0.3, 0.4) is 0 Å². The first-order chi connectivity index (χ1) is 9.45. The number of halogens is 3. The number of benzene rings is 1. The van der Waals surface area contributed by atoms with Crippen LogP contribution in [0.25, 0.3) is 0 Å². The summed E-state index contributed by atoms with van der Waals surface area (Å²) in [5.41, 5.74) is -0.562. The van der Waals surface area contributed by atoms with Crippen molar-refractivity contribution in [1.29, 1.82) is 0 Å². The first-order valence-electron chi connectivity index (χ1n) is 7.19. The molecule has 0 radical (unpaired) electrons. The Kier molecular flexibility index (Phi) is 5.26. The topological polar surface area (TPSA) is 0 Å². The van der Waals surface area contributed by atoms with Crippen LogP contribution in [0.2, 0.25) is 0 Å². The first kappa shape index (κ1) is 15.6. The Morgan fingerprint density at radius 1 is 1.00 bits per heavy atom. The van der Waals surface area contributed by atoms with E-state index in [0.29, 0.717) is 0 Å². The molecular formula is C16H20F3P. The lowest BCUT2D eigenvalue weighted by Gasteiger charge is -2.17. The smallest absolute Gasteiger partial charge is 0.166 e. The fourth-order valence-corrected chi connectivity index (χ4v) is 3.70. The summed E-state index contributed by atoms with van der Waals surface area (Å²) >= 11 is 0. The van der Waals surface area contributed by atoms with E-state index < -0.39 is 11.7 Å². The third-order valence-corrected chi connectivity index (χ3v) is 5.14. The zero-order valence-corrected chi connectivity index (χ0v) is 12.6. The molecule has 0 spiro atoms. The Bertz CT molecular complexity index is 460. The van der Waals surface area contributed by atoms with Gasteiger partial charge in [0, 0.05) is 5.30 Å². The van der Waals surface area contributed by atoms with E-state index in [-0.39, 0.29) is 0 Å². The number of rotatable bonds is 1. The van der Waals surface area contributed by atoms with Crippen molar-refractivity contribution >= 4 is 18.8 Å². The fraction of sp³-hybridized carbons (Fsp3) is 0.562. The Morgan fingerprint density at radius 2 is 1.70 bits per heavy atom. The maximum Gasteiger partial charge on any atom is 0.416 e. The molecule has 1 aliphatic rings. The van der Waals surface area contributed by atoms with E-state index in [1.54, 1.807) is 12.1 Å². The van der Waals surface area contributed by atoms with Crippen molar-refractivity contribution in [3.05, 3.63) is 29.8 Å². The van der Waals surface area contributed by atoms with Crippen LogP contribution >= 0.6 is 8.20 Å². The molecular weight excluding hydrogens is 280 g/mol. The molecule has 0 heterocycles. The van der Waals surface area contributed by atoms with Gasteiger partial charge >= 0.3 is 6.18 Å². The van der Waals surface area contributed by atoms with Crippen LogP contribution < -0.4 is 5.30 Å². The molecule has 20 heavy (non-hydrogen) atoms. The van der Waals surface area contributed by atoms with Gasteiger partial charge in [-0.15, -0.1) is 0 Å². The van der Waals surface area contributed by atoms with E-state index in [1.165, 1.54) is 43.1 Å². The lowest BCUT2D eigenvalue weighted by Crippen LogP contribution is -2.08. The second-order valence-electron chi connectivity index (χ2n) is 5.61. The summed E-state index contributed by atoms with van der Waals surface area (Å²) < 4.78 is 37.5. The molecule has 4 heteroatoms. The summed E-state index contributed by atoms with van der Waals surface area (Å²) in [5.74, 6) is 0.771. The zero-order valence-electron chi connectivity index (χ0n) is 11.7. The molecule has 0 amide bonds. The summed E-state index contributed by atoms with van der Waals surface area (Å²) in [6.45, 7) is 2.29. The minimum Gasteiger partial charge on any atom is -0.166 e. The van der Waals surface area contributed by atoms with Gasteiger partial charge in [0.1, 0.15) is 0 Å². The van der Waals surface area contributed by atoms with Gasteiger partial charge in [-0.1, -0.05) is 28.0 Å². The van der Waals surface area contributed by atoms with Crippen molar-refractivity contribution in [3.63, 3.8) is 0 Å². The molecule has 0 N–H and O–H groups in total. The minimum atomic E-state index is -4.24. The van der Waals surface area contributed by atoms with Gasteiger partial charge in [-0.2, -0.15) is 13.2 Å². The highest BCUT2D eigenvalue weighted by Crippen LogP contribution is 2.29. The lowest BCUT2D eigenvalue weighted by atomic mass is 9.93. The Labute approximate surface area is 120 Å². The van der Waals surface area contributed by atoms with Gasteiger partial charge in [0.2, 0.25) is 0 Å². The van der Waals surface area contributed by atoms with Gasteiger partial charge in [-0.05, 0) is 61.2 Å². The first-order valence-corrected chi connectivity index (χ1v) is 8.08. The molecule has 0 aromatic heterocycles. The average Bonchev–Trinajstić information content (AvgIpc) is 2.37. The van der Waals surface area contributed by atoms with Crippen molar-refractivity contribution in [1.82, 2.24) is 0 Å². The summed E-state index contributed by atoms with van der Waals surface area (Å²) in [7, 11) is 1.11. The second kappa shape index (κ2) is 6.76. The van der Waals surface area contributed by atoms with Gasteiger partial charge in [-0.25, -0.2) is 0 Å². The molecule has 0 saturated heterocycles. The second-order valence-corrected chi connectivity index (χ2v) is 6.98. The van der Waals surface area contributed by atoms with E-state index in [0.717, 1.165) is 32.3 Å². The van der Waals surface area contributed by atoms with E-state index >= 15 is 0 Å². The molecule has 1 aliphatic carbocycles. The Morgan fingerprint density at radius 3 is 2.35 bits per heavy atom. The van der Waals surface area contributed by atoms with E-state index in [4.69, 9.17) is 0 Å². The predicted octanol–water partition coefficient (Wildman–Crippen LogP) is 5.44. The maximum absolute atomic E-state index is 12.5. The van der Waals surface area contributed by atoms with Gasteiger partial charge in [0.15, 0.2) is 0 Å². The van der Waals surface area contributed by atoms with Crippen molar-refractivity contribution in [3.8, 4) is 0 Å². The van der Waals surface area contributed by atoms with Crippen LogP contribution in [-0.2, 0) is 6.18 Å². The summed E-state index contributed by atoms with van der Waals surface area (Å²) in [5, 5.41) is 2.44. The van der Waals surface area contributed by atoms with Crippen LogP contribution in [-0.4, -0.2) is 5.29 Å². The summed E-state index contributed by atoms with van der Waals surface area (Å²) in [6.07, 6.45) is 3.01. The number of hydrogen-bond donors (Lipinski definition) is 0. The highest BCUT2D eigenvalue weighted by molar-refractivity contribution is 7.49. The quantitative estimate of drug-likeness (QED) is 0.606. The molecule has 0 aliphatic heterocycles. The van der Waals surface area contributed by atoms with Crippen LogP contribution in [0.15, 0.2) is 24.3 Å². The normalized spacial score (nSPS) is 23.4. The molecule has 2 rings (SSSR count). The predicted molar refractivity (Wildman–Crippen MR) is 79.9 cm³/mol. The number of hydrogen-bond acceptors (Lipinski definition) is 0. The summed E-state index contributed by atoms with van der Waals surface area (Å²) in [6, 6.07) is 5.60. The molecule has 1 unspecified atom stereocenters. The minimum absolute atomic E-state index is 0.562. The molecule has 1 fully saturated rings. The largest absolute Gasteiger partial charge is 0.416 e. The average molecular weight is 300 g/mol. The molecule has 0 nitrogen and oxygen atoms in total. The third-order valence-electron chi connectivity index (χ3n) is 3.82. The molecule has 1 aromatic carbocycles. The lowest BCUT2D eigenvalue weighted by molar-refractivity contribution is -0.137. The standard InChI is InChI=1S/C16H20F3P/c1-12-4-2-3-5-14(9-6-12)20-15-10-7-13(8-11-15)16(17,18)19/h7-8,10-12H,2-6,9H2,1H3. The van der Waals surface area contributed by atoms with Crippen molar-refractivity contribution in [2.75, 3.05) is 0 Å². The van der Waals surface area contributed by atoms with Crippen molar-refractivity contribution < 1.29 is 13.2 Å². The molecule has 0 bridgehead atoms. The van der Waals surface area contributed by atoms with E-state index in [9.17, 15) is 13.2 Å². The van der Waals surface area contributed by atoms with Gasteiger partial charge in [-0.3, -0.25) is 0 Å². The van der Waals surface area contributed by atoms with Gasteiger partial charge in [0.05, 0.1) is 5.56 Å². The van der Waals surface area contributed by atoms with Crippen LogP contribution in [0.5, 0.6) is 0 Å². The third kappa shape index (κ3) is 4.63. The van der Waals surface area contributed by atoms with Crippen LogP contribution in [0.1, 0.15) is 51.0 Å². The molecule has 110 valence electrons. The Balaban J connectivity index is 2.09. The van der Waals surface area contributed by atoms with Crippen molar-refractivity contribution in [2.45, 2.75) is 51.6 Å². The maximum atomic E-state index is 12.5. The monoisotopic (exact) mass is 300 g/mol. The molecule has 1 saturated carbocycles. The molecule has 1 atom stereocenters. The van der Waals surface area contributed by atoms with Gasteiger partial charge in [0.25, 0.3) is 0 Å². The number of alkyl halides is 3.